The number of hydrogen-bond acceptors (Lipinski definition) is 2. The second-order valence-corrected chi connectivity index (χ2v) is 5.77. The topological polar surface area (TPSA) is 55.1 Å². The summed E-state index contributed by atoms with van der Waals surface area (Å²) in [5, 5.41) is 3.44. The standard InChI is InChI=1S/C14H17ClN2O/c15-11-7-8(16)5-6-12(11)17-14(18)13-9-3-1-2-4-10(9)13/h5-7,9-10,13H,1-4,16H2,(H,17,18). The van der Waals surface area contributed by atoms with Crippen LogP contribution >= 0.6 is 11.6 Å². The van der Waals surface area contributed by atoms with Crippen molar-refractivity contribution in [2.75, 3.05) is 11.1 Å². The highest BCUT2D eigenvalue weighted by Crippen LogP contribution is 2.55. The van der Waals surface area contributed by atoms with Crippen molar-refractivity contribution in [3.05, 3.63) is 23.2 Å². The number of nitrogens with two attached hydrogens (primary N) is 1. The van der Waals surface area contributed by atoms with Gasteiger partial charge in [-0.2, -0.15) is 0 Å². The lowest BCUT2D eigenvalue weighted by Crippen LogP contribution is -2.15. The van der Waals surface area contributed by atoms with Gasteiger partial charge in [-0.25, -0.2) is 0 Å². The average Bonchev–Trinajstić information content (AvgIpc) is 3.07. The Morgan fingerprint density at radius 1 is 1.28 bits per heavy atom. The molecule has 0 aromatic heterocycles. The number of anilines is 2. The zero-order valence-electron chi connectivity index (χ0n) is 10.2. The lowest BCUT2D eigenvalue weighted by atomic mass is 10.0. The van der Waals surface area contributed by atoms with E-state index in [1.165, 1.54) is 25.7 Å². The van der Waals surface area contributed by atoms with Gasteiger partial charge in [0, 0.05) is 11.6 Å². The third-order valence-electron chi connectivity index (χ3n) is 4.21. The average molecular weight is 265 g/mol. The molecule has 1 amide bonds. The summed E-state index contributed by atoms with van der Waals surface area (Å²) in [6, 6.07) is 5.18. The Hall–Kier alpha value is -1.22. The van der Waals surface area contributed by atoms with Gasteiger partial charge in [-0.3, -0.25) is 4.79 Å². The molecule has 0 spiro atoms. The number of fused-ring (bicyclic) bond motifs is 1. The maximum Gasteiger partial charge on any atom is 0.228 e. The molecular formula is C14H17ClN2O. The molecule has 2 aliphatic carbocycles. The fourth-order valence-corrected chi connectivity index (χ4v) is 3.47. The molecule has 0 aliphatic heterocycles. The Morgan fingerprint density at radius 2 is 1.94 bits per heavy atom. The first-order valence-electron chi connectivity index (χ1n) is 6.52. The van der Waals surface area contributed by atoms with Crippen LogP contribution in [0.25, 0.3) is 0 Å². The van der Waals surface area contributed by atoms with E-state index in [4.69, 9.17) is 17.3 Å². The lowest BCUT2D eigenvalue weighted by molar-refractivity contribution is -0.117. The number of nitrogen functional groups attached to an aromatic ring is 1. The second-order valence-electron chi connectivity index (χ2n) is 5.37. The molecule has 0 radical (unpaired) electrons. The van der Waals surface area contributed by atoms with E-state index in [9.17, 15) is 4.79 Å². The molecule has 18 heavy (non-hydrogen) atoms. The number of carbonyl (C=O) groups excluding carboxylic acids is 1. The van der Waals surface area contributed by atoms with Crippen molar-refractivity contribution in [1.82, 2.24) is 0 Å². The van der Waals surface area contributed by atoms with Crippen LogP contribution in [0.5, 0.6) is 0 Å². The van der Waals surface area contributed by atoms with Gasteiger partial charge in [0.1, 0.15) is 0 Å². The normalized spacial score (nSPS) is 29.5. The molecule has 0 bridgehead atoms. The molecule has 96 valence electrons. The first-order valence-corrected chi connectivity index (χ1v) is 6.90. The van der Waals surface area contributed by atoms with E-state index in [1.807, 2.05) is 0 Å². The molecule has 3 nitrogen and oxygen atoms in total. The van der Waals surface area contributed by atoms with Crippen LogP contribution in [0.2, 0.25) is 5.02 Å². The van der Waals surface area contributed by atoms with Crippen molar-refractivity contribution in [3.63, 3.8) is 0 Å². The molecule has 1 aromatic carbocycles. The molecule has 2 fully saturated rings. The first kappa shape index (κ1) is 11.8. The Morgan fingerprint density at radius 3 is 2.56 bits per heavy atom. The molecule has 1 aromatic rings. The van der Waals surface area contributed by atoms with E-state index in [0.29, 0.717) is 28.2 Å². The lowest BCUT2D eigenvalue weighted by Gasteiger charge is -2.07. The molecular weight excluding hydrogens is 248 g/mol. The molecule has 4 heteroatoms. The maximum atomic E-state index is 12.2. The van der Waals surface area contributed by atoms with Gasteiger partial charge in [-0.1, -0.05) is 24.4 Å². The smallest absolute Gasteiger partial charge is 0.228 e. The molecule has 3 N–H and O–H groups in total. The van der Waals surface area contributed by atoms with Gasteiger partial charge in [0.05, 0.1) is 10.7 Å². The van der Waals surface area contributed by atoms with Crippen LogP contribution in [-0.4, -0.2) is 5.91 Å². The summed E-state index contributed by atoms with van der Waals surface area (Å²) in [4.78, 5) is 12.2. The number of benzene rings is 1. The van der Waals surface area contributed by atoms with E-state index in [2.05, 4.69) is 5.32 Å². The van der Waals surface area contributed by atoms with Gasteiger partial charge >= 0.3 is 0 Å². The molecule has 2 aliphatic rings. The summed E-state index contributed by atoms with van der Waals surface area (Å²) in [6.07, 6.45) is 4.96. The number of hydrogen-bond donors (Lipinski definition) is 2. The molecule has 2 atom stereocenters. The number of rotatable bonds is 2. The van der Waals surface area contributed by atoms with E-state index in [1.54, 1.807) is 18.2 Å². The van der Waals surface area contributed by atoms with Crippen LogP contribution < -0.4 is 11.1 Å². The minimum absolute atomic E-state index is 0.124. The zero-order valence-corrected chi connectivity index (χ0v) is 10.9. The Balaban J connectivity index is 1.68. The Kier molecular flexibility index (Phi) is 2.94. The summed E-state index contributed by atoms with van der Waals surface area (Å²) >= 11 is 6.06. The maximum absolute atomic E-state index is 12.2. The van der Waals surface area contributed by atoms with Gasteiger partial charge in [0.25, 0.3) is 0 Å². The summed E-state index contributed by atoms with van der Waals surface area (Å²) in [6.45, 7) is 0. The zero-order chi connectivity index (χ0) is 12.7. The van der Waals surface area contributed by atoms with Crippen LogP contribution in [0.1, 0.15) is 25.7 Å². The summed E-state index contributed by atoms with van der Waals surface area (Å²) < 4.78 is 0. The van der Waals surface area contributed by atoms with Gasteiger partial charge in [-0.15, -0.1) is 0 Å². The minimum atomic E-state index is 0.124. The highest BCUT2D eigenvalue weighted by Gasteiger charge is 2.54. The van der Waals surface area contributed by atoms with Crippen molar-refractivity contribution >= 4 is 28.9 Å². The van der Waals surface area contributed by atoms with Gasteiger partial charge in [0.15, 0.2) is 0 Å². The van der Waals surface area contributed by atoms with E-state index < -0.39 is 0 Å². The quantitative estimate of drug-likeness (QED) is 0.806. The van der Waals surface area contributed by atoms with Crippen molar-refractivity contribution in [3.8, 4) is 0 Å². The molecule has 0 heterocycles. The summed E-state index contributed by atoms with van der Waals surface area (Å²) in [5.41, 5.74) is 6.90. The number of nitrogens with one attached hydrogen (secondary N) is 1. The monoisotopic (exact) mass is 264 g/mol. The number of amides is 1. The molecule has 0 saturated heterocycles. The SMILES string of the molecule is Nc1ccc(NC(=O)C2C3CCCCC32)c(Cl)c1. The van der Waals surface area contributed by atoms with E-state index >= 15 is 0 Å². The van der Waals surface area contributed by atoms with Crippen LogP contribution in [0.4, 0.5) is 11.4 Å². The summed E-state index contributed by atoms with van der Waals surface area (Å²) in [7, 11) is 0. The molecule has 3 rings (SSSR count). The van der Waals surface area contributed by atoms with Crippen molar-refractivity contribution < 1.29 is 4.79 Å². The van der Waals surface area contributed by atoms with Crippen LogP contribution in [0, 0.1) is 17.8 Å². The molecule has 2 unspecified atom stereocenters. The van der Waals surface area contributed by atoms with Crippen LogP contribution in [-0.2, 0) is 4.79 Å². The van der Waals surface area contributed by atoms with Crippen molar-refractivity contribution in [1.29, 1.82) is 0 Å². The van der Waals surface area contributed by atoms with E-state index in [0.717, 1.165) is 0 Å². The summed E-state index contributed by atoms with van der Waals surface area (Å²) in [5.74, 6) is 1.57. The van der Waals surface area contributed by atoms with Gasteiger partial charge in [-0.05, 0) is 42.9 Å². The highest BCUT2D eigenvalue weighted by molar-refractivity contribution is 6.34. The third-order valence-corrected chi connectivity index (χ3v) is 4.52. The largest absolute Gasteiger partial charge is 0.399 e. The van der Waals surface area contributed by atoms with Gasteiger partial charge in [0.2, 0.25) is 5.91 Å². The Bertz CT molecular complexity index is 477. The molecule has 2 saturated carbocycles. The minimum Gasteiger partial charge on any atom is -0.399 e. The number of carbonyl (C=O) groups is 1. The fraction of sp³-hybridized carbons (Fsp3) is 0.500. The number of halogens is 1. The van der Waals surface area contributed by atoms with Crippen LogP contribution in [0.15, 0.2) is 18.2 Å². The van der Waals surface area contributed by atoms with Crippen LogP contribution in [0.3, 0.4) is 0 Å². The highest BCUT2D eigenvalue weighted by atomic mass is 35.5. The Labute approximate surface area is 112 Å². The van der Waals surface area contributed by atoms with Gasteiger partial charge < -0.3 is 11.1 Å². The van der Waals surface area contributed by atoms with Crippen molar-refractivity contribution in [2.45, 2.75) is 25.7 Å². The second kappa shape index (κ2) is 4.47. The predicted octanol–water partition coefficient (Wildman–Crippen LogP) is 3.30. The predicted molar refractivity (Wildman–Crippen MR) is 73.4 cm³/mol. The third kappa shape index (κ3) is 2.07. The van der Waals surface area contributed by atoms with Crippen molar-refractivity contribution in [2.24, 2.45) is 17.8 Å². The van der Waals surface area contributed by atoms with E-state index in [-0.39, 0.29) is 11.8 Å². The first-order chi connectivity index (χ1) is 8.66. The fourth-order valence-electron chi connectivity index (χ4n) is 3.23.